The number of oxazole rings is 1. The Morgan fingerprint density at radius 3 is 2.17 bits per heavy atom. The van der Waals surface area contributed by atoms with E-state index in [4.69, 9.17) is 82.6 Å². The number of aliphatic hydroxyl groups is 2. The first-order valence-electron chi connectivity index (χ1n) is 43.4. The van der Waals surface area contributed by atoms with Crippen molar-refractivity contribution in [2.45, 2.75) is 218 Å². The van der Waals surface area contributed by atoms with Crippen molar-refractivity contribution in [2.24, 2.45) is 35.3 Å². The van der Waals surface area contributed by atoms with E-state index in [1.807, 2.05) is 86.1 Å². The van der Waals surface area contributed by atoms with Crippen LogP contribution in [0.15, 0.2) is 82.7 Å². The number of hydrogen-bond acceptors (Lipinski definition) is 31. The summed E-state index contributed by atoms with van der Waals surface area (Å²) in [4.78, 5) is 101. The Morgan fingerprint density at radius 2 is 1.47 bits per heavy atom. The molecule has 5 aromatic rings. The summed E-state index contributed by atoms with van der Waals surface area (Å²) in [5.74, 6) is -7.73. The topological polar surface area (TPSA) is 434 Å². The molecule has 3 fully saturated rings. The normalized spacial score (nSPS) is 26.3. The van der Waals surface area contributed by atoms with E-state index >= 15 is 0 Å². The minimum atomic E-state index is -2.49. The van der Waals surface area contributed by atoms with Gasteiger partial charge in [0.25, 0.3) is 17.7 Å². The number of piperidine rings is 1. The number of carbonyl (C=O) groups is 6. The van der Waals surface area contributed by atoms with Crippen molar-refractivity contribution in [3.05, 3.63) is 84.0 Å². The Kier molecular flexibility index (Phi) is 40.7. The van der Waals surface area contributed by atoms with Crippen molar-refractivity contribution in [1.29, 1.82) is 0 Å². The number of hydrogen-bond donors (Lipinski definition) is 5. The number of nitrogens with two attached hydrogens (primary N) is 2. The number of fused-ring (bicyclic) bond motifs is 5. The molecule has 2 saturated heterocycles. The fourth-order valence-electron chi connectivity index (χ4n) is 16.0. The van der Waals surface area contributed by atoms with Crippen molar-refractivity contribution in [3.63, 3.8) is 0 Å². The number of aromatic nitrogens is 8. The minimum Gasteiger partial charge on any atom is -0.459 e. The SMILES string of the molecule is CO[C@H]1C[C@@H]2CC[C@@H](C)[C@@](O)(O2)C(=O)C(=O)N2CCCC[C@H]2C(=O)O[C@H]([C@H](N)C[C@@H]2CC[C@@H](OCCOCc3cn(CCOCCOCCOCCOCCOCCOCCC(=O)NCCCCn4nc(-c5ccc6oc(N)nc6c5)c5c(N(C)C)ncnc54)nn3)[C@H](OC)C2)CC(=O)[C@H](C)/C=C(\C)[C@@H](O)[C@@H](OC)C(=O)[C@H](C)C[C@H](C)/C=C/C=CC=C1C. The van der Waals surface area contributed by atoms with Crippen molar-refractivity contribution < 1.29 is 105 Å². The van der Waals surface area contributed by atoms with E-state index in [0.717, 1.165) is 45.8 Å². The number of ketones is 3. The van der Waals surface area contributed by atoms with Gasteiger partial charge in [-0.25, -0.2) is 24.1 Å². The number of Topliss-reactive ketones (excluding diaryl/α,β-unsaturated/α-hetero) is 3. The summed E-state index contributed by atoms with van der Waals surface area (Å²) in [6.07, 6.45) is 15.3. The average molecular weight is 1730 g/mol. The number of ether oxygens (including phenoxy) is 13. The minimum absolute atomic E-state index is 0.0189. The number of methoxy groups -OCH3 is 3. The Balaban J connectivity index is 0.618. The van der Waals surface area contributed by atoms with Crippen LogP contribution in [0.1, 0.15) is 144 Å². The predicted octanol–water partition coefficient (Wildman–Crippen LogP) is 7.39. The van der Waals surface area contributed by atoms with Gasteiger partial charge in [0.05, 0.1) is 142 Å². The van der Waals surface area contributed by atoms with Gasteiger partial charge >= 0.3 is 5.97 Å². The molecule has 2 amide bonds. The number of aliphatic hydroxyl groups excluding tert-OH is 1. The molecule has 1 saturated carbocycles. The maximum absolute atomic E-state index is 14.7. The van der Waals surface area contributed by atoms with E-state index in [1.54, 1.807) is 58.9 Å². The van der Waals surface area contributed by atoms with Crippen LogP contribution in [0, 0.1) is 29.6 Å². The van der Waals surface area contributed by atoms with Gasteiger partial charge in [0.15, 0.2) is 17.0 Å². The van der Waals surface area contributed by atoms with Crippen LogP contribution < -0.4 is 21.7 Å². The van der Waals surface area contributed by atoms with Gasteiger partial charge in [-0.05, 0) is 132 Å². The highest BCUT2D eigenvalue weighted by atomic mass is 16.6. The van der Waals surface area contributed by atoms with Crippen LogP contribution in [-0.4, -0.2) is 292 Å². The van der Waals surface area contributed by atoms with Gasteiger partial charge in [0, 0.05) is 104 Å². The highest BCUT2D eigenvalue weighted by Crippen LogP contribution is 2.39. The van der Waals surface area contributed by atoms with Crippen LogP contribution in [-0.2, 0) is 110 Å². The van der Waals surface area contributed by atoms with Crippen LogP contribution in [0.2, 0.25) is 0 Å². The number of nitrogen functional groups attached to an aromatic ring is 1. The molecule has 4 aromatic heterocycles. The number of esters is 1. The molecule has 123 heavy (non-hydrogen) atoms. The number of anilines is 2. The second-order valence-corrected chi connectivity index (χ2v) is 32.7. The summed E-state index contributed by atoms with van der Waals surface area (Å²) in [5.41, 5.74) is 18.2. The largest absolute Gasteiger partial charge is 0.459 e. The fourth-order valence-corrected chi connectivity index (χ4v) is 16.0. The molecule has 35 heteroatoms. The summed E-state index contributed by atoms with van der Waals surface area (Å²) in [6.45, 7) is 17.7. The Labute approximate surface area is 721 Å². The van der Waals surface area contributed by atoms with Crippen molar-refractivity contribution >= 4 is 69.1 Å². The highest BCUT2D eigenvalue weighted by molar-refractivity contribution is 6.39. The average Bonchev–Trinajstić information content (AvgIpc) is 1.72. The maximum atomic E-state index is 14.7. The first kappa shape index (κ1) is 98.5. The van der Waals surface area contributed by atoms with E-state index in [-0.39, 0.29) is 106 Å². The second-order valence-electron chi connectivity index (χ2n) is 32.7. The Hall–Kier alpha value is -8.24. The molecule has 0 spiro atoms. The maximum Gasteiger partial charge on any atom is 0.329 e. The molecule has 9 rings (SSSR count). The lowest BCUT2D eigenvalue weighted by molar-refractivity contribution is -0.265. The van der Waals surface area contributed by atoms with Gasteiger partial charge < -0.3 is 103 Å². The third kappa shape index (κ3) is 29.7. The lowest BCUT2D eigenvalue weighted by Gasteiger charge is -2.42. The molecule has 3 aliphatic heterocycles. The number of carbonyl (C=O) groups excluding carboxylic acids is 6. The summed E-state index contributed by atoms with van der Waals surface area (Å²) in [7, 11) is 8.41. The standard InChI is InChI=1S/C88H133N13O22/c1-57-19-13-12-14-20-58(2)73(110-9)52-66-25-22-62(6)88(109,123-66)82(106)85(107)100-30-17-15-21-69(100)86(108)121-74(53-70(102)59(3)48-61(5)80(105)81(112-11)79(104)60(4)47-57)67(89)49-63-23-26-72(75(50-63)111-10)120-46-45-119-55-65-54-99(97-95-65)32-34-114-36-38-116-40-42-118-44-43-117-41-39-115-37-35-113-33-28-76(103)91-29-16-18-31-101-84-77(83(98(7)8)92-56-93-84)78(96-101)64-24-27-71-68(51-64)94-87(90)122-71/h12-14,19-20,24,27,48,51,54,56-57,59-60,62-63,66-67,69,72-75,80-81,105,109H,15-18,21-23,25-26,28-47,49-50,52-53,55,89H2,1-11H3,(H2,90,94)(H,91,103)/b14-12?,19-13+,58-20?,61-48+/t57-,59-,60-,62-,63+,66+,67-,69+,72-,73+,74+,75-,80-,81+,88-/m1/s1. The van der Waals surface area contributed by atoms with Crippen LogP contribution in [0.5, 0.6) is 0 Å². The van der Waals surface area contributed by atoms with Crippen LogP contribution in [0.3, 0.4) is 0 Å². The van der Waals surface area contributed by atoms with Crippen molar-refractivity contribution in [1.82, 2.24) is 49.9 Å². The van der Waals surface area contributed by atoms with Gasteiger partial charge in [-0.3, -0.25) is 24.0 Å². The van der Waals surface area contributed by atoms with Gasteiger partial charge in [-0.15, -0.1) is 5.10 Å². The van der Waals surface area contributed by atoms with Gasteiger partial charge in [0.2, 0.25) is 11.7 Å². The monoisotopic (exact) mass is 1720 g/mol. The van der Waals surface area contributed by atoms with E-state index in [0.29, 0.717) is 178 Å². The molecule has 7 N–H and O–H groups in total. The molecule has 2 bridgehead atoms. The molecular formula is C88H133N13O22. The van der Waals surface area contributed by atoms with Crippen LogP contribution in [0.4, 0.5) is 11.8 Å². The number of nitrogens with one attached hydrogen (secondary N) is 1. The highest BCUT2D eigenvalue weighted by Gasteiger charge is 2.53. The summed E-state index contributed by atoms with van der Waals surface area (Å²) in [6, 6.07) is 3.61. The quantitative estimate of drug-likeness (QED) is 0.0110. The fraction of sp³-hybridized carbons (Fsp3) is 0.682. The third-order valence-corrected chi connectivity index (χ3v) is 23.1. The molecule has 1 aliphatic carbocycles. The number of aryl methyl sites for hydroxylation is 1. The number of unbranched alkanes of at least 4 members (excludes halogenated alkanes) is 1. The van der Waals surface area contributed by atoms with E-state index in [9.17, 15) is 39.0 Å². The lowest BCUT2D eigenvalue weighted by Crippen LogP contribution is -2.61. The lowest BCUT2D eigenvalue weighted by atomic mass is 9.80. The van der Waals surface area contributed by atoms with E-state index < -0.39 is 83.8 Å². The Bertz CT molecular complexity index is 4260. The van der Waals surface area contributed by atoms with Gasteiger partial charge in [0.1, 0.15) is 59.2 Å². The third-order valence-electron chi connectivity index (χ3n) is 23.1. The number of rotatable bonds is 40. The van der Waals surface area contributed by atoms with Crippen molar-refractivity contribution in [3.8, 4) is 11.3 Å². The molecule has 7 heterocycles. The first-order chi connectivity index (χ1) is 59.3. The van der Waals surface area contributed by atoms with E-state index in [1.165, 1.54) is 13.4 Å². The molecule has 35 nitrogen and oxygen atoms in total. The molecule has 15 atom stereocenters. The molecule has 682 valence electrons. The molecular weight excluding hydrogens is 1590 g/mol. The number of amides is 2. The molecule has 1 aromatic carbocycles. The molecule has 0 unspecified atom stereocenters. The summed E-state index contributed by atoms with van der Waals surface area (Å²) in [5, 5.41) is 41.0. The summed E-state index contributed by atoms with van der Waals surface area (Å²) >= 11 is 0. The first-order valence-corrected chi connectivity index (χ1v) is 43.4. The smallest absolute Gasteiger partial charge is 0.329 e. The number of cyclic esters (lactones) is 1. The number of nitrogens with zero attached hydrogens (tertiary/aromatic N) is 10. The van der Waals surface area contributed by atoms with Gasteiger partial charge in [-0.1, -0.05) is 69.4 Å². The second kappa shape index (κ2) is 50.8. The van der Waals surface area contributed by atoms with Crippen LogP contribution in [0.25, 0.3) is 33.4 Å². The zero-order chi connectivity index (χ0) is 88.4. The molecule has 4 aliphatic rings. The van der Waals surface area contributed by atoms with E-state index in [2.05, 4.69) is 30.6 Å². The van der Waals surface area contributed by atoms with Crippen LogP contribution >= 0.6 is 0 Å². The predicted molar refractivity (Wildman–Crippen MR) is 456 cm³/mol. The number of benzene rings is 1. The number of allylic oxidation sites excluding steroid dienone is 6. The zero-order valence-corrected chi connectivity index (χ0v) is 73.7. The van der Waals surface area contributed by atoms with Crippen molar-refractivity contribution in [2.75, 3.05) is 152 Å². The Morgan fingerprint density at radius 1 is 0.764 bits per heavy atom. The molecule has 0 radical (unpaired) electrons. The zero-order valence-electron chi connectivity index (χ0n) is 73.7. The summed E-state index contributed by atoms with van der Waals surface area (Å²) < 4.78 is 85.2. The van der Waals surface area contributed by atoms with Gasteiger partial charge in [-0.2, -0.15) is 10.1 Å².